The molecule has 0 radical (unpaired) electrons. The first-order chi connectivity index (χ1) is 18.9. The lowest BCUT2D eigenvalue weighted by atomic mass is 10.00. The number of anilines is 3. The summed E-state index contributed by atoms with van der Waals surface area (Å²) in [6.07, 6.45) is 0.982. The van der Waals surface area contributed by atoms with Gasteiger partial charge in [0.1, 0.15) is 5.75 Å². The molecular formula is C34H41N3O3. The van der Waals surface area contributed by atoms with Crippen molar-refractivity contribution in [2.24, 2.45) is 0 Å². The van der Waals surface area contributed by atoms with E-state index in [9.17, 15) is 5.11 Å². The van der Waals surface area contributed by atoms with Gasteiger partial charge in [0.25, 0.3) is 0 Å². The van der Waals surface area contributed by atoms with Crippen molar-refractivity contribution < 1.29 is 14.6 Å². The number of benzene rings is 3. The number of hydrogen-bond acceptors (Lipinski definition) is 6. The van der Waals surface area contributed by atoms with Crippen LogP contribution in [-0.4, -0.2) is 11.1 Å². The summed E-state index contributed by atoms with van der Waals surface area (Å²) in [6, 6.07) is 18.2. The Morgan fingerprint density at radius 1 is 0.750 bits per heavy atom. The number of nitrogens with zero attached hydrogens (tertiary/aromatic N) is 1. The summed E-state index contributed by atoms with van der Waals surface area (Å²) in [5.41, 5.74) is 8.39. The third-order valence-corrected chi connectivity index (χ3v) is 6.91. The minimum absolute atomic E-state index is 0.210. The highest BCUT2D eigenvalue weighted by atomic mass is 16.5. The average Bonchev–Trinajstić information content (AvgIpc) is 3.54. The van der Waals surface area contributed by atoms with Crippen LogP contribution in [0.25, 0.3) is 0 Å². The highest BCUT2D eigenvalue weighted by Gasteiger charge is 2.27. The van der Waals surface area contributed by atoms with Crippen LogP contribution in [0.2, 0.25) is 0 Å². The molecule has 0 atom stereocenters. The van der Waals surface area contributed by atoms with Crippen molar-refractivity contribution >= 4 is 17.1 Å². The molecule has 3 aliphatic heterocycles. The fraction of sp³-hybridized carbons (Fsp3) is 0.294. The van der Waals surface area contributed by atoms with Crippen molar-refractivity contribution in [3.63, 3.8) is 0 Å². The second-order valence-electron chi connectivity index (χ2n) is 11.1. The van der Waals surface area contributed by atoms with E-state index < -0.39 is 0 Å². The first-order valence-electron chi connectivity index (χ1n) is 13.8. The Balaban J connectivity index is 0.000000139. The summed E-state index contributed by atoms with van der Waals surface area (Å²) in [6.45, 7) is 24.4. The van der Waals surface area contributed by atoms with Crippen molar-refractivity contribution in [3.05, 3.63) is 108 Å². The van der Waals surface area contributed by atoms with Gasteiger partial charge < -0.3 is 30.1 Å². The van der Waals surface area contributed by atoms with Gasteiger partial charge in [-0.3, -0.25) is 0 Å². The molecule has 0 bridgehead atoms. The minimum Gasteiger partial charge on any atom is -0.508 e. The fourth-order valence-corrected chi connectivity index (χ4v) is 4.76. The summed E-state index contributed by atoms with van der Waals surface area (Å²) >= 11 is 0. The summed E-state index contributed by atoms with van der Waals surface area (Å²) in [4.78, 5) is 1.99. The highest BCUT2D eigenvalue weighted by Crippen LogP contribution is 2.41. The highest BCUT2D eigenvalue weighted by molar-refractivity contribution is 5.68. The number of aromatic hydroxyl groups is 1. The number of phenolic OH excluding ortho intramolecular Hbond substituents is 1. The maximum absolute atomic E-state index is 9.28. The molecule has 0 aliphatic carbocycles. The van der Waals surface area contributed by atoms with E-state index in [0.717, 1.165) is 29.2 Å². The van der Waals surface area contributed by atoms with Gasteiger partial charge in [-0.25, -0.2) is 0 Å². The molecule has 3 heterocycles. The molecule has 40 heavy (non-hydrogen) atoms. The van der Waals surface area contributed by atoms with Gasteiger partial charge in [-0.1, -0.05) is 52.5 Å². The predicted octanol–water partition coefficient (Wildman–Crippen LogP) is 8.85. The molecule has 3 N–H and O–H groups in total. The van der Waals surface area contributed by atoms with E-state index in [1.165, 1.54) is 22.4 Å². The Kier molecular flexibility index (Phi) is 8.48. The first kappa shape index (κ1) is 28.7. The summed E-state index contributed by atoms with van der Waals surface area (Å²) in [5, 5.41) is 15.6. The van der Waals surface area contributed by atoms with Crippen molar-refractivity contribution in [3.8, 4) is 17.2 Å². The monoisotopic (exact) mass is 539 g/mol. The first-order valence-corrected chi connectivity index (χ1v) is 13.8. The van der Waals surface area contributed by atoms with Crippen LogP contribution in [0, 0.1) is 0 Å². The maximum Gasteiger partial charge on any atom is 0.193 e. The van der Waals surface area contributed by atoms with Gasteiger partial charge in [0.15, 0.2) is 23.3 Å². The number of allylic oxidation sites excluding steroid dienone is 1. The van der Waals surface area contributed by atoms with E-state index in [4.69, 9.17) is 9.47 Å². The zero-order chi connectivity index (χ0) is 29.1. The van der Waals surface area contributed by atoms with Gasteiger partial charge in [0, 0.05) is 29.9 Å². The molecule has 210 valence electrons. The van der Waals surface area contributed by atoms with Gasteiger partial charge in [0.2, 0.25) is 0 Å². The Morgan fingerprint density at radius 2 is 1.40 bits per heavy atom. The fourth-order valence-electron chi connectivity index (χ4n) is 4.76. The van der Waals surface area contributed by atoms with Crippen LogP contribution in [0.15, 0.2) is 91.8 Å². The number of phenols is 1. The summed E-state index contributed by atoms with van der Waals surface area (Å²) < 4.78 is 10.8. The smallest absolute Gasteiger partial charge is 0.193 e. The molecular weight excluding hydrogens is 498 g/mol. The second kappa shape index (κ2) is 11.8. The van der Waals surface area contributed by atoms with E-state index >= 15 is 0 Å². The number of nitrogens with one attached hydrogen (secondary N) is 2. The van der Waals surface area contributed by atoms with Gasteiger partial charge in [0.05, 0.1) is 11.4 Å². The van der Waals surface area contributed by atoms with E-state index in [1.54, 1.807) is 12.1 Å². The molecule has 0 aromatic heterocycles. The molecule has 6 heteroatoms. The van der Waals surface area contributed by atoms with Gasteiger partial charge in [-0.05, 0) is 85.9 Å². The van der Waals surface area contributed by atoms with Crippen molar-refractivity contribution in [1.29, 1.82) is 0 Å². The van der Waals surface area contributed by atoms with Crippen molar-refractivity contribution in [2.75, 3.05) is 15.5 Å². The summed E-state index contributed by atoms with van der Waals surface area (Å²) in [7, 11) is 0. The average molecular weight is 540 g/mol. The van der Waals surface area contributed by atoms with Gasteiger partial charge >= 0.3 is 0 Å². The van der Waals surface area contributed by atoms with E-state index in [0.29, 0.717) is 35.4 Å². The largest absolute Gasteiger partial charge is 0.508 e. The quantitative estimate of drug-likeness (QED) is 0.309. The molecule has 6 rings (SSSR count). The Labute approximate surface area is 238 Å². The minimum atomic E-state index is 0.210. The van der Waals surface area contributed by atoms with Gasteiger partial charge in [-0.2, -0.15) is 0 Å². The van der Waals surface area contributed by atoms with Gasteiger partial charge in [-0.15, -0.1) is 0 Å². The number of hydrogen-bond donors (Lipinski definition) is 3. The zero-order valence-corrected chi connectivity index (χ0v) is 24.5. The topological polar surface area (TPSA) is 66.0 Å². The third kappa shape index (κ3) is 6.45. The lowest BCUT2D eigenvalue weighted by molar-refractivity contribution is 0.427. The number of ether oxygens (including phenoxy) is 2. The Bertz CT molecular complexity index is 1370. The van der Waals surface area contributed by atoms with E-state index in [-0.39, 0.29) is 5.75 Å². The molecule has 6 nitrogen and oxygen atoms in total. The third-order valence-electron chi connectivity index (χ3n) is 6.91. The lowest BCUT2D eigenvalue weighted by Crippen LogP contribution is -2.27. The molecule has 0 saturated carbocycles. The zero-order valence-electron chi connectivity index (χ0n) is 24.5. The number of fused-ring (bicyclic) bond motifs is 3. The Hall–Kier alpha value is -4.32. The molecule has 3 aromatic carbocycles. The van der Waals surface area contributed by atoms with Crippen LogP contribution < -0.4 is 25.0 Å². The molecule has 0 spiro atoms. The van der Waals surface area contributed by atoms with Crippen LogP contribution in [0.1, 0.15) is 70.1 Å². The summed E-state index contributed by atoms with van der Waals surface area (Å²) in [5.74, 6) is 4.13. The molecule has 3 aliphatic rings. The molecule has 3 aromatic rings. The van der Waals surface area contributed by atoms with Crippen LogP contribution in [0.4, 0.5) is 17.1 Å². The number of rotatable bonds is 3. The Morgan fingerprint density at radius 3 is 2.05 bits per heavy atom. The normalized spacial score (nSPS) is 14.3. The van der Waals surface area contributed by atoms with Crippen molar-refractivity contribution in [1.82, 2.24) is 0 Å². The van der Waals surface area contributed by atoms with E-state index in [2.05, 4.69) is 102 Å². The SMILES string of the molecule is C=C1Cc2cc(C(C)C)ccc2N1.C=C1Nc2ccc(C(C)C)cc2O1.C=C1Oc2cc(O)ccc2N1C(C)C. The maximum atomic E-state index is 9.28. The van der Waals surface area contributed by atoms with E-state index in [1.807, 2.05) is 17.0 Å². The molecule has 0 saturated heterocycles. The van der Waals surface area contributed by atoms with Crippen LogP contribution in [0.5, 0.6) is 17.2 Å². The lowest BCUT2D eigenvalue weighted by Gasteiger charge is -2.21. The standard InChI is InChI=1S/C12H15N.C11H13NO2.C11H13NO/c1-8(2)10-4-5-12-11(7-10)6-9(3)13-12;1-7(2)12-8(3)14-11-6-9(13)4-5-10(11)12;1-7(2)9-4-5-10-11(6-9)13-8(3)12-10/h4-5,7-8,13H,3,6H2,1-2H3;4-7,13H,3H2,1-2H3;4-7,12H,3H2,1-2H3. The van der Waals surface area contributed by atoms with Crippen LogP contribution in [-0.2, 0) is 6.42 Å². The molecule has 0 fully saturated rings. The van der Waals surface area contributed by atoms with Crippen LogP contribution in [0.3, 0.4) is 0 Å². The molecule has 0 unspecified atom stereocenters. The predicted molar refractivity (Wildman–Crippen MR) is 166 cm³/mol. The second-order valence-corrected chi connectivity index (χ2v) is 11.1. The van der Waals surface area contributed by atoms with Crippen LogP contribution >= 0.6 is 0 Å². The molecule has 0 amide bonds. The van der Waals surface area contributed by atoms with Crippen molar-refractivity contribution in [2.45, 2.75) is 65.8 Å².